The number of rotatable bonds is 2. The average molecular weight is 134 g/mol. The molecular weight excluding hydrogens is 120 g/mol. The molecule has 0 saturated carbocycles. The Kier molecular flexibility index (Phi) is 2.54. The Hall–Kier alpha value is 0.0200. The van der Waals surface area contributed by atoms with Crippen LogP contribution < -0.4 is 0 Å². The van der Waals surface area contributed by atoms with Gasteiger partial charge in [0.15, 0.2) is 0 Å². The summed E-state index contributed by atoms with van der Waals surface area (Å²) in [5, 5.41) is 0.229. The van der Waals surface area contributed by atoms with Crippen molar-refractivity contribution in [2.24, 2.45) is 0 Å². The van der Waals surface area contributed by atoms with Crippen LogP contribution in [0.5, 0.6) is 0 Å². The molecule has 0 fully saturated rings. The molecule has 0 heterocycles. The molecule has 0 spiro atoms. The summed E-state index contributed by atoms with van der Waals surface area (Å²) in [5.74, 6) is 4.31. The Morgan fingerprint density at radius 3 is 2.00 bits per heavy atom. The fourth-order valence-electron chi connectivity index (χ4n) is 0.333. The van der Waals surface area contributed by atoms with E-state index < -0.39 is 9.52 Å². The minimum absolute atomic E-state index is 0.229. The Bertz CT molecular complexity index is 142. The molecular formula is C6H14OS. The molecule has 0 aliphatic rings. The van der Waals surface area contributed by atoms with Crippen LogP contribution in [0, 0.1) is 0 Å². The zero-order valence-electron chi connectivity index (χ0n) is 5.81. The monoisotopic (exact) mass is 134 g/mol. The third-order valence-corrected chi connectivity index (χ3v) is 4.04. The maximum absolute atomic E-state index is 11.1. The normalized spacial score (nSPS) is 18.5. The molecule has 0 bridgehead atoms. The molecule has 0 aliphatic carbocycles. The highest BCUT2D eigenvalue weighted by Gasteiger charge is 2.03. The highest BCUT2D eigenvalue weighted by atomic mass is 32.2. The zero-order valence-corrected chi connectivity index (χ0v) is 6.62. The summed E-state index contributed by atoms with van der Waals surface area (Å²) in [6, 6.07) is 0. The summed E-state index contributed by atoms with van der Waals surface area (Å²) in [4.78, 5) is 0. The van der Waals surface area contributed by atoms with E-state index in [-0.39, 0.29) is 5.25 Å². The molecule has 50 valence electrons. The van der Waals surface area contributed by atoms with Crippen LogP contribution in [0.2, 0.25) is 0 Å². The maximum atomic E-state index is 11.1. The number of hydrogen-bond donors (Lipinski definition) is 0. The molecule has 0 aromatic rings. The van der Waals surface area contributed by atoms with E-state index in [0.29, 0.717) is 5.75 Å². The first-order chi connectivity index (χ1) is 3.50. The van der Waals surface area contributed by atoms with Gasteiger partial charge in [-0.2, -0.15) is 0 Å². The van der Waals surface area contributed by atoms with Crippen LogP contribution in [0.1, 0.15) is 20.8 Å². The predicted octanol–water partition coefficient (Wildman–Crippen LogP) is 1.13. The molecule has 0 radical (unpaired) electrons. The van der Waals surface area contributed by atoms with Crippen LogP contribution in [0.4, 0.5) is 0 Å². The maximum Gasteiger partial charge on any atom is 0.0215 e. The van der Waals surface area contributed by atoms with Gasteiger partial charge in [0, 0.05) is 11.0 Å². The van der Waals surface area contributed by atoms with Crippen LogP contribution in [0.25, 0.3) is 0 Å². The van der Waals surface area contributed by atoms with Crippen LogP contribution in [-0.4, -0.2) is 21.1 Å². The van der Waals surface area contributed by atoms with Crippen molar-refractivity contribution < 1.29 is 4.21 Å². The van der Waals surface area contributed by atoms with Crippen LogP contribution >= 0.6 is 0 Å². The first kappa shape index (κ1) is 8.02. The van der Waals surface area contributed by atoms with Gasteiger partial charge in [-0.25, -0.2) is 0 Å². The summed E-state index contributed by atoms with van der Waals surface area (Å²) in [7, 11) is -1.74. The molecule has 0 aromatic heterocycles. The second kappa shape index (κ2) is 2.53. The van der Waals surface area contributed by atoms with Crippen LogP contribution in [-0.2, 0) is 9.52 Å². The molecule has 2 heteroatoms. The third-order valence-electron chi connectivity index (χ3n) is 1.35. The second-order valence-corrected chi connectivity index (χ2v) is 5.47. The molecule has 0 aliphatic heterocycles. The van der Waals surface area contributed by atoms with Crippen molar-refractivity contribution in [2.45, 2.75) is 26.0 Å². The third kappa shape index (κ3) is 1.86. The first-order valence-corrected chi connectivity index (χ1v) is 4.80. The van der Waals surface area contributed by atoms with E-state index >= 15 is 0 Å². The lowest BCUT2D eigenvalue weighted by Crippen LogP contribution is -2.15. The molecule has 0 saturated heterocycles. The zero-order chi connectivity index (χ0) is 6.78. The van der Waals surface area contributed by atoms with Crippen molar-refractivity contribution >= 4 is 15.4 Å². The topological polar surface area (TPSA) is 17.1 Å². The van der Waals surface area contributed by atoms with Crippen molar-refractivity contribution in [3.05, 3.63) is 0 Å². The van der Waals surface area contributed by atoms with Crippen LogP contribution in [0.15, 0.2) is 0 Å². The Balaban J connectivity index is 4.17. The molecule has 0 aromatic carbocycles. The van der Waals surface area contributed by atoms with Crippen molar-refractivity contribution in [3.63, 3.8) is 0 Å². The lowest BCUT2D eigenvalue weighted by Gasteiger charge is -2.08. The lowest BCUT2D eigenvalue weighted by molar-refractivity contribution is 0.675. The highest BCUT2D eigenvalue weighted by molar-refractivity contribution is 8.00. The van der Waals surface area contributed by atoms with Gasteiger partial charge in [0.05, 0.1) is 0 Å². The van der Waals surface area contributed by atoms with E-state index in [9.17, 15) is 4.21 Å². The van der Waals surface area contributed by atoms with Crippen molar-refractivity contribution in [1.82, 2.24) is 0 Å². The Labute approximate surface area is 52.1 Å². The Morgan fingerprint density at radius 1 is 1.62 bits per heavy atom. The fourth-order valence-corrected chi connectivity index (χ4v) is 1.00. The van der Waals surface area contributed by atoms with E-state index in [1.165, 1.54) is 0 Å². The summed E-state index contributed by atoms with van der Waals surface area (Å²) in [5.41, 5.74) is 0. The van der Waals surface area contributed by atoms with Crippen molar-refractivity contribution in [2.75, 3.05) is 5.75 Å². The Morgan fingerprint density at radius 2 is 2.00 bits per heavy atom. The fraction of sp³-hybridized carbons (Fsp3) is 0.833. The highest BCUT2D eigenvalue weighted by Crippen LogP contribution is 1.98. The molecule has 1 nitrogen and oxygen atoms in total. The van der Waals surface area contributed by atoms with Crippen molar-refractivity contribution in [1.29, 1.82) is 0 Å². The van der Waals surface area contributed by atoms with Gasteiger partial charge in [0.25, 0.3) is 0 Å². The van der Waals surface area contributed by atoms with Gasteiger partial charge in [0.2, 0.25) is 0 Å². The lowest BCUT2D eigenvalue weighted by atomic mass is 10.6. The van der Waals surface area contributed by atoms with Gasteiger partial charge in [0.1, 0.15) is 0 Å². The standard InChI is InChI=1S/C6H14OS/c1-5-8(4,7)6(2)3/h6H,4-5H2,1-3H3. The molecule has 0 N–H and O–H groups in total. The summed E-state index contributed by atoms with van der Waals surface area (Å²) < 4.78 is 11.1. The largest absolute Gasteiger partial charge is 0.268 e. The van der Waals surface area contributed by atoms with E-state index in [1.54, 1.807) is 0 Å². The van der Waals surface area contributed by atoms with Gasteiger partial charge in [-0.05, 0) is 15.4 Å². The smallest absolute Gasteiger partial charge is 0.0215 e. The van der Waals surface area contributed by atoms with E-state index in [2.05, 4.69) is 5.87 Å². The minimum atomic E-state index is -1.74. The quantitative estimate of drug-likeness (QED) is 0.517. The van der Waals surface area contributed by atoms with E-state index in [4.69, 9.17) is 0 Å². The van der Waals surface area contributed by atoms with Crippen LogP contribution in [0.3, 0.4) is 0 Å². The first-order valence-electron chi connectivity index (χ1n) is 2.84. The van der Waals surface area contributed by atoms with Gasteiger partial charge in [-0.3, -0.25) is 4.21 Å². The number of hydrogen-bond acceptors (Lipinski definition) is 1. The summed E-state index contributed by atoms with van der Waals surface area (Å²) in [6.07, 6.45) is 0. The van der Waals surface area contributed by atoms with Gasteiger partial charge in [-0.15, -0.1) is 0 Å². The second-order valence-electron chi connectivity index (χ2n) is 2.21. The SMILES string of the molecule is C=S(=O)(CC)C(C)C. The minimum Gasteiger partial charge on any atom is -0.268 e. The molecule has 8 heavy (non-hydrogen) atoms. The molecule has 1 atom stereocenters. The summed E-state index contributed by atoms with van der Waals surface area (Å²) >= 11 is 0. The van der Waals surface area contributed by atoms with Gasteiger partial charge >= 0.3 is 0 Å². The predicted molar refractivity (Wildman–Crippen MR) is 40.9 cm³/mol. The van der Waals surface area contributed by atoms with E-state index in [1.807, 2.05) is 20.8 Å². The van der Waals surface area contributed by atoms with Crippen molar-refractivity contribution in [3.8, 4) is 0 Å². The molecule has 1 unspecified atom stereocenters. The van der Waals surface area contributed by atoms with E-state index in [0.717, 1.165) is 0 Å². The molecule has 0 rings (SSSR count). The summed E-state index contributed by atoms with van der Waals surface area (Å²) in [6.45, 7) is 5.80. The average Bonchev–Trinajstić information content (AvgIpc) is 1.67. The molecule has 0 amide bonds. The van der Waals surface area contributed by atoms with Gasteiger partial charge in [-0.1, -0.05) is 20.8 Å². The van der Waals surface area contributed by atoms with Gasteiger partial charge < -0.3 is 0 Å².